The van der Waals surface area contributed by atoms with Gasteiger partial charge in [-0.2, -0.15) is 5.53 Å². The highest BCUT2D eigenvalue weighted by atomic mass is 35.5. The summed E-state index contributed by atoms with van der Waals surface area (Å²) in [7, 11) is 0. The van der Waals surface area contributed by atoms with Gasteiger partial charge in [0, 0.05) is 36.9 Å². The summed E-state index contributed by atoms with van der Waals surface area (Å²) >= 11 is 12.3. The van der Waals surface area contributed by atoms with E-state index in [1.807, 2.05) is 53.4 Å². The van der Waals surface area contributed by atoms with Gasteiger partial charge in [-0.15, -0.1) is 0 Å². The molecule has 2 atom stereocenters. The molecule has 7 nitrogen and oxygen atoms in total. The van der Waals surface area contributed by atoms with Gasteiger partial charge in [0.15, 0.2) is 0 Å². The van der Waals surface area contributed by atoms with Gasteiger partial charge < -0.3 is 15.1 Å². The molecule has 2 aromatic carbocycles. The Balaban J connectivity index is 1.37. The number of amides is 1. The van der Waals surface area contributed by atoms with E-state index in [1.165, 1.54) is 0 Å². The number of hydrazine groups is 2. The number of hydrogen-bond acceptors (Lipinski definition) is 6. The third-order valence-electron chi connectivity index (χ3n) is 4.99. The highest BCUT2D eigenvalue weighted by molar-refractivity contribution is 6.33. The number of halogens is 2. The fraction of sp³-hybridized carbons (Fsp3) is 0.316. The average molecular weight is 421 g/mol. The lowest BCUT2D eigenvalue weighted by atomic mass is 10.1. The lowest BCUT2D eigenvalue weighted by Crippen LogP contribution is -2.57. The van der Waals surface area contributed by atoms with Crippen molar-refractivity contribution in [2.24, 2.45) is 0 Å². The molecule has 2 aliphatic heterocycles. The number of nitrogens with one attached hydrogen (secondary N) is 4. The van der Waals surface area contributed by atoms with Crippen molar-refractivity contribution in [3.05, 3.63) is 58.6 Å². The predicted octanol–water partition coefficient (Wildman–Crippen LogP) is 2.06. The van der Waals surface area contributed by atoms with Crippen LogP contribution in [0.25, 0.3) is 0 Å². The van der Waals surface area contributed by atoms with Crippen LogP contribution in [-0.2, 0) is 4.79 Å². The molecule has 1 amide bonds. The Hall–Kier alpha value is -2.03. The first-order chi connectivity index (χ1) is 13.6. The van der Waals surface area contributed by atoms with Gasteiger partial charge in [0.2, 0.25) is 5.91 Å². The highest BCUT2D eigenvalue weighted by Crippen LogP contribution is 2.26. The molecule has 0 radical (unpaired) electrons. The molecule has 4 N–H and O–H groups in total. The number of nitrogens with zero attached hydrogens (tertiary/aromatic N) is 2. The maximum Gasteiger partial charge on any atom is 0.244 e. The second-order valence-electron chi connectivity index (χ2n) is 6.79. The normalized spacial score (nSPS) is 22.4. The summed E-state index contributed by atoms with van der Waals surface area (Å²) in [6, 6.07) is 14.8. The topological polar surface area (TPSA) is 71.7 Å². The zero-order valence-electron chi connectivity index (χ0n) is 15.2. The summed E-state index contributed by atoms with van der Waals surface area (Å²) in [5.41, 5.74) is 10.8. The van der Waals surface area contributed by atoms with Gasteiger partial charge in [-0.25, -0.2) is 10.9 Å². The van der Waals surface area contributed by atoms with Crippen LogP contribution in [0.15, 0.2) is 48.5 Å². The van der Waals surface area contributed by atoms with Gasteiger partial charge >= 0.3 is 0 Å². The molecule has 0 spiro atoms. The summed E-state index contributed by atoms with van der Waals surface area (Å²) in [5.74, 6) is 0.0378. The number of piperazine rings is 1. The number of hydrogen-bond donors (Lipinski definition) is 4. The average Bonchev–Trinajstić information content (AvgIpc) is 3.16. The third-order valence-corrected chi connectivity index (χ3v) is 5.54. The molecule has 2 saturated heterocycles. The molecule has 2 fully saturated rings. The van der Waals surface area contributed by atoms with Crippen molar-refractivity contribution in [3.8, 4) is 0 Å². The Morgan fingerprint density at radius 2 is 1.79 bits per heavy atom. The Kier molecular flexibility index (Phi) is 5.89. The molecule has 148 valence electrons. The van der Waals surface area contributed by atoms with Gasteiger partial charge in [-0.1, -0.05) is 41.4 Å². The molecule has 0 aromatic heterocycles. The standard InChI is InChI=1S/C19H22Cl2N6O/c20-13-4-3-5-14(12-13)22-18-17(23-25-24-18)19(28)27-10-8-26(9-11-27)16-7-2-1-6-15(16)21/h1-7,12,17-18,22-25H,8-11H2. The van der Waals surface area contributed by atoms with Gasteiger partial charge in [0.25, 0.3) is 0 Å². The van der Waals surface area contributed by atoms with Crippen molar-refractivity contribution in [2.75, 3.05) is 36.4 Å². The van der Waals surface area contributed by atoms with Crippen LogP contribution >= 0.6 is 23.2 Å². The SMILES string of the molecule is O=C(C1NNNC1Nc1cccc(Cl)c1)N1CCN(c2ccccc2Cl)CC1. The van der Waals surface area contributed by atoms with Crippen molar-refractivity contribution < 1.29 is 4.79 Å². The molecule has 2 aliphatic rings. The molecule has 0 bridgehead atoms. The Morgan fingerprint density at radius 3 is 2.54 bits per heavy atom. The van der Waals surface area contributed by atoms with Crippen LogP contribution in [0.2, 0.25) is 10.0 Å². The van der Waals surface area contributed by atoms with Crippen LogP contribution in [0.1, 0.15) is 0 Å². The van der Waals surface area contributed by atoms with E-state index in [1.54, 1.807) is 0 Å². The quantitative estimate of drug-likeness (QED) is 0.606. The van der Waals surface area contributed by atoms with E-state index in [-0.39, 0.29) is 12.1 Å². The summed E-state index contributed by atoms with van der Waals surface area (Å²) in [6.07, 6.45) is -0.299. The van der Waals surface area contributed by atoms with E-state index in [2.05, 4.69) is 26.6 Å². The van der Waals surface area contributed by atoms with Gasteiger partial charge in [0.1, 0.15) is 12.2 Å². The van der Waals surface area contributed by atoms with Crippen LogP contribution in [0.5, 0.6) is 0 Å². The molecule has 2 heterocycles. The van der Waals surface area contributed by atoms with E-state index in [9.17, 15) is 4.79 Å². The predicted molar refractivity (Wildman–Crippen MR) is 112 cm³/mol. The van der Waals surface area contributed by atoms with E-state index in [0.717, 1.165) is 29.5 Å². The molecule has 2 unspecified atom stereocenters. The van der Waals surface area contributed by atoms with Gasteiger partial charge in [-0.05, 0) is 30.3 Å². The number of anilines is 2. The van der Waals surface area contributed by atoms with Gasteiger partial charge in [0.05, 0.1) is 10.7 Å². The second-order valence-corrected chi connectivity index (χ2v) is 7.63. The zero-order chi connectivity index (χ0) is 19.5. The maximum absolute atomic E-state index is 13.1. The minimum absolute atomic E-state index is 0.0378. The largest absolute Gasteiger partial charge is 0.367 e. The Labute approximate surface area is 173 Å². The van der Waals surface area contributed by atoms with Crippen LogP contribution in [0, 0.1) is 0 Å². The smallest absolute Gasteiger partial charge is 0.244 e. The molecule has 0 aliphatic carbocycles. The summed E-state index contributed by atoms with van der Waals surface area (Å²) in [4.78, 5) is 17.1. The molecule has 2 aromatic rings. The van der Waals surface area contributed by atoms with E-state index in [0.29, 0.717) is 18.1 Å². The second kappa shape index (κ2) is 8.55. The summed E-state index contributed by atoms with van der Waals surface area (Å²) in [6.45, 7) is 2.78. The number of carbonyl (C=O) groups excluding carboxylic acids is 1. The molecule has 9 heteroatoms. The van der Waals surface area contributed by atoms with Crippen molar-refractivity contribution in [1.29, 1.82) is 0 Å². The maximum atomic E-state index is 13.1. The zero-order valence-corrected chi connectivity index (χ0v) is 16.7. The number of rotatable bonds is 4. The molecule has 4 rings (SSSR count). The number of carbonyl (C=O) groups is 1. The molecule has 28 heavy (non-hydrogen) atoms. The molecular weight excluding hydrogens is 399 g/mol. The van der Waals surface area contributed by atoms with Crippen LogP contribution in [0.4, 0.5) is 11.4 Å². The Bertz CT molecular complexity index is 843. The van der Waals surface area contributed by atoms with E-state index in [4.69, 9.17) is 23.2 Å². The van der Waals surface area contributed by atoms with Crippen LogP contribution in [-0.4, -0.2) is 49.2 Å². The lowest BCUT2D eigenvalue weighted by Gasteiger charge is -2.38. The lowest BCUT2D eigenvalue weighted by molar-refractivity contribution is -0.133. The molecule has 0 saturated carbocycles. The first-order valence-electron chi connectivity index (χ1n) is 9.18. The minimum Gasteiger partial charge on any atom is -0.367 e. The monoisotopic (exact) mass is 420 g/mol. The fourth-order valence-electron chi connectivity index (χ4n) is 3.52. The van der Waals surface area contributed by atoms with Crippen molar-refractivity contribution in [3.63, 3.8) is 0 Å². The fourth-order valence-corrected chi connectivity index (χ4v) is 3.96. The van der Waals surface area contributed by atoms with Crippen molar-refractivity contribution in [2.45, 2.75) is 12.2 Å². The van der Waals surface area contributed by atoms with Crippen molar-refractivity contribution in [1.82, 2.24) is 21.3 Å². The summed E-state index contributed by atoms with van der Waals surface area (Å²) < 4.78 is 0. The first kappa shape index (κ1) is 19.3. The minimum atomic E-state index is -0.439. The van der Waals surface area contributed by atoms with Crippen LogP contribution < -0.4 is 26.6 Å². The first-order valence-corrected chi connectivity index (χ1v) is 9.94. The molecular formula is C19H22Cl2N6O. The highest BCUT2D eigenvalue weighted by Gasteiger charge is 2.36. The van der Waals surface area contributed by atoms with Gasteiger partial charge in [-0.3, -0.25) is 4.79 Å². The Morgan fingerprint density at radius 1 is 1.00 bits per heavy atom. The van der Waals surface area contributed by atoms with E-state index >= 15 is 0 Å². The van der Waals surface area contributed by atoms with Crippen molar-refractivity contribution >= 4 is 40.5 Å². The summed E-state index contributed by atoms with van der Waals surface area (Å²) in [5, 5.41) is 4.67. The number of para-hydroxylation sites is 1. The van der Waals surface area contributed by atoms with Crippen LogP contribution in [0.3, 0.4) is 0 Å². The number of benzene rings is 2. The van der Waals surface area contributed by atoms with E-state index < -0.39 is 6.04 Å². The third kappa shape index (κ3) is 4.19.